The molecule has 1 saturated carbocycles. The number of halogens is 1. The van der Waals surface area contributed by atoms with E-state index in [1.54, 1.807) is 6.07 Å². The minimum Gasteiger partial charge on any atom is -0.312 e. The number of aromatic nitrogens is 1. The molecule has 1 aliphatic rings. The third-order valence-corrected chi connectivity index (χ3v) is 3.82. The van der Waals surface area contributed by atoms with Crippen LogP contribution in [0.3, 0.4) is 0 Å². The molecular weight excluding hydrogens is 253 g/mol. The van der Waals surface area contributed by atoms with Gasteiger partial charge in [0.25, 0.3) is 0 Å². The zero-order valence-corrected chi connectivity index (χ0v) is 12.8. The molecule has 2 rings (SSSR count). The molecule has 0 radical (unpaired) electrons. The zero-order valence-electron chi connectivity index (χ0n) is 12.8. The zero-order chi connectivity index (χ0) is 14.5. The second-order valence-electron chi connectivity index (χ2n) is 6.15. The summed E-state index contributed by atoms with van der Waals surface area (Å²) in [5.74, 6) is 0.426. The Morgan fingerprint density at radius 3 is 2.65 bits per heavy atom. The van der Waals surface area contributed by atoms with E-state index in [1.807, 2.05) is 7.05 Å². The van der Waals surface area contributed by atoms with Crippen molar-refractivity contribution in [2.75, 3.05) is 20.1 Å². The van der Waals surface area contributed by atoms with Gasteiger partial charge in [-0.25, -0.2) is 4.39 Å². The molecule has 4 heteroatoms. The number of hydrogen-bond acceptors (Lipinski definition) is 3. The van der Waals surface area contributed by atoms with Gasteiger partial charge in [0, 0.05) is 19.1 Å². The largest absolute Gasteiger partial charge is 0.312 e. The Kier molecular flexibility index (Phi) is 5.49. The van der Waals surface area contributed by atoms with Gasteiger partial charge in [-0.05, 0) is 44.4 Å². The van der Waals surface area contributed by atoms with Gasteiger partial charge in [0.15, 0.2) is 0 Å². The quantitative estimate of drug-likeness (QED) is 0.793. The first-order valence-electron chi connectivity index (χ1n) is 7.63. The van der Waals surface area contributed by atoms with Crippen LogP contribution >= 0.6 is 0 Å². The van der Waals surface area contributed by atoms with E-state index in [2.05, 4.69) is 29.0 Å². The molecule has 0 saturated heterocycles. The maximum atomic E-state index is 12.9. The second-order valence-corrected chi connectivity index (χ2v) is 6.15. The summed E-state index contributed by atoms with van der Waals surface area (Å²) in [7, 11) is 1.94. The summed E-state index contributed by atoms with van der Waals surface area (Å²) < 4.78 is 12.9. The van der Waals surface area contributed by atoms with Crippen molar-refractivity contribution in [2.24, 2.45) is 5.92 Å². The van der Waals surface area contributed by atoms with E-state index in [1.165, 1.54) is 25.1 Å². The van der Waals surface area contributed by atoms with Gasteiger partial charge in [0.2, 0.25) is 0 Å². The van der Waals surface area contributed by atoms with Crippen LogP contribution in [-0.2, 0) is 0 Å². The van der Waals surface area contributed by atoms with Gasteiger partial charge >= 0.3 is 0 Å². The molecule has 0 aromatic carbocycles. The summed E-state index contributed by atoms with van der Waals surface area (Å²) in [6.07, 6.45) is 4.99. The predicted molar refractivity (Wildman–Crippen MR) is 80.0 cm³/mol. The van der Waals surface area contributed by atoms with Crippen molar-refractivity contribution in [1.82, 2.24) is 15.2 Å². The lowest BCUT2D eigenvalue weighted by molar-refractivity contribution is 0.222. The van der Waals surface area contributed by atoms with Crippen molar-refractivity contribution in [2.45, 2.75) is 45.2 Å². The Hall–Kier alpha value is -1.00. The Balaban J connectivity index is 1.90. The monoisotopic (exact) mass is 279 g/mol. The van der Waals surface area contributed by atoms with E-state index < -0.39 is 0 Å². The molecule has 1 N–H and O–H groups in total. The third kappa shape index (κ3) is 4.53. The fraction of sp³-hybridized carbons (Fsp3) is 0.688. The highest BCUT2D eigenvalue weighted by atomic mass is 19.1. The number of hydrogen-bond donors (Lipinski definition) is 1. The summed E-state index contributed by atoms with van der Waals surface area (Å²) in [5.41, 5.74) is 0.925. The Labute approximate surface area is 121 Å². The second kappa shape index (κ2) is 7.14. The van der Waals surface area contributed by atoms with Crippen LogP contribution in [0.4, 0.5) is 4.39 Å². The van der Waals surface area contributed by atoms with Crippen LogP contribution in [0.5, 0.6) is 0 Å². The minimum atomic E-state index is -0.275. The van der Waals surface area contributed by atoms with Crippen molar-refractivity contribution < 1.29 is 4.39 Å². The van der Waals surface area contributed by atoms with Gasteiger partial charge in [-0.3, -0.25) is 4.98 Å². The highest BCUT2D eigenvalue weighted by Gasteiger charge is 2.29. The van der Waals surface area contributed by atoms with Crippen LogP contribution in [0.25, 0.3) is 0 Å². The van der Waals surface area contributed by atoms with Gasteiger partial charge in [-0.2, -0.15) is 0 Å². The molecule has 1 atom stereocenters. The van der Waals surface area contributed by atoms with Gasteiger partial charge in [0.05, 0.1) is 17.9 Å². The molecule has 3 nitrogen and oxygen atoms in total. The van der Waals surface area contributed by atoms with Gasteiger partial charge in [-0.15, -0.1) is 0 Å². The molecule has 0 amide bonds. The maximum Gasteiger partial charge on any atom is 0.141 e. The fourth-order valence-corrected chi connectivity index (χ4v) is 2.66. The molecule has 0 spiro atoms. The van der Waals surface area contributed by atoms with E-state index >= 15 is 0 Å². The topological polar surface area (TPSA) is 28.2 Å². The average Bonchev–Trinajstić information content (AvgIpc) is 3.24. The summed E-state index contributed by atoms with van der Waals surface area (Å²) in [6, 6.07) is 4.25. The SMILES string of the molecule is CNC(CCN(CC(C)C)C1CC1)c1ccc(F)cn1. The normalized spacial score (nSPS) is 16.9. The lowest BCUT2D eigenvalue weighted by Crippen LogP contribution is -2.33. The van der Waals surface area contributed by atoms with Crippen molar-refractivity contribution in [3.05, 3.63) is 29.8 Å². The third-order valence-electron chi connectivity index (χ3n) is 3.82. The van der Waals surface area contributed by atoms with Crippen LogP contribution in [0.15, 0.2) is 18.3 Å². The smallest absolute Gasteiger partial charge is 0.141 e. The van der Waals surface area contributed by atoms with Gasteiger partial charge in [0.1, 0.15) is 5.82 Å². The molecule has 1 fully saturated rings. The van der Waals surface area contributed by atoms with E-state index in [0.717, 1.165) is 31.2 Å². The molecular formula is C16H26FN3. The minimum absolute atomic E-state index is 0.198. The number of pyridine rings is 1. The molecule has 1 aromatic rings. The predicted octanol–water partition coefficient (Wildman–Crippen LogP) is 2.99. The molecule has 1 aliphatic carbocycles. The fourth-order valence-electron chi connectivity index (χ4n) is 2.66. The van der Waals surface area contributed by atoms with Crippen LogP contribution in [0.1, 0.15) is 44.8 Å². The first kappa shape index (κ1) is 15.4. The summed E-state index contributed by atoms with van der Waals surface area (Å²) in [6.45, 7) is 6.78. The van der Waals surface area contributed by atoms with E-state index in [4.69, 9.17) is 0 Å². The molecule has 0 aliphatic heterocycles. The van der Waals surface area contributed by atoms with Gasteiger partial charge in [-0.1, -0.05) is 13.8 Å². The van der Waals surface area contributed by atoms with Crippen LogP contribution in [0.2, 0.25) is 0 Å². The Morgan fingerprint density at radius 2 is 2.15 bits per heavy atom. The lowest BCUT2D eigenvalue weighted by atomic mass is 10.1. The highest BCUT2D eigenvalue weighted by Crippen LogP contribution is 2.28. The highest BCUT2D eigenvalue weighted by molar-refractivity contribution is 5.09. The van der Waals surface area contributed by atoms with Crippen LogP contribution < -0.4 is 5.32 Å². The average molecular weight is 279 g/mol. The van der Waals surface area contributed by atoms with Gasteiger partial charge < -0.3 is 10.2 Å². The molecule has 0 bridgehead atoms. The van der Waals surface area contributed by atoms with Crippen molar-refractivity contribution in [3.63, 3.8) is 0 Å². The van der Waals surface area contributed by atoms with E-state index in [9.17, 15) is 4.39 Å². The van der Waals surface area contributed by atoms with Crippen LogP contribution in [0, 0.1) is 11.7 Å². The number of nitrogens with zero attached hydrogens (tertiary/aromatic N) is 2. The first-order chi connectivity index (χ1) is 9.60. The Bertz CT molecular complexity index is 401. The molecule has 1 aromatic heterocycles. The summed E-state index contributed by atoms with van der Waals surface area (Å²) >= 11 is 0. The van der Waals surface area contributed by atoms with Crippen molar-refractivity contribution >= 4 is 0 Å². The maximum absolute atomic E-state index is 12.9. The molecule has 20 heavy (non-hydrogen) atoms. The Morgan fingerprint density at radius 1 is 1.40 bits per heavy atom. The lowest BCUT2D eigenvalue weighted by Gasteiger charge is -2.26. The standard InChI is InChI=1S/C16H26FN3/c1-12(2)11-20(14-5-6-14)9-8-15(18-3)16-7-4-13(17)10-19-16/h4,7,10,12,14-15,18H,5-6,8-9,11H2,1-3H3. The van der Waals surface area contributed by atoms with Crippen LogP contribution in [-0.4, -0.2) is 36.1 Å². The molecule has 1 heterocycles. The summed E-state index contributed by atoms with van der Waals surface area (Å²) in [5, 5.41) is 3.29. The first-order valence-corrected chi connectivity index (χ1v) is 7.63. The van der Waals surface area contributed by atoms with E-state index in [-0.39, 0.29) is 11.9 Å². The van der Waals surface area contributed by atoms with Crippen molar-refractivity contribution in [3.8, 4) is 0 Å². The van der Waals surface area contributed by atoms with E-state index in [0.29, 0.717) is 5.92 Å². The van der Waals surface area contributed by atoms with Crippen molar-refractivity contribution in [1.29, 1.82) is 0 Å². The molecule has 1 unspecified atom stereocenters. The summed E-state index contributed by atoms with van der Waals surface area (Å²) in [4.78, 5) is 6.79. The number of nitrogens with one attached hydrogen (secondary N) is 1. The number of rotatable bonds is 8. The molecule has 112 valence electrons.